The Balaban J connectivity index is 1.57. The van der Waals surface area contributed by atoms with Crippen molar-refractivity contribution >= 4 is 28.6 Å². The van der Waals surface area contributed by atoms with E-state index in [4.69, 9.17) is 10.5 Å². The van der Waals surface area contributed by atoms with Gasteiger partial charge in [-0.3, -0.25) is 9.78 Å². The maximum Gasteiger partial charge on any atom is 0.265 e. The van der Waals surface area contributed by atoms with Crippen molar-refractivity contribution < 1.29 is 32.2 Å². The summed E-state index contributed by atoms with van der Waals surface area (Å²) in [6.45, 7) is 0.516. The number of pyridine rings is 1. The second kappa shape index (κ2) is 12.9. The van der Waals surface area contributed by atoms with Crippen molar-refractivity contribution in [3.8, 4) is 17.0 Å². The highest BCUT2D eigenvalue weighted by atomic mass is 19.3. The molecule has 1 aromatic carbocycles. The predicted molar refractivity (Wildman–Crippen MR) is 158 cm³/mol. The molecular formula is C29H33F4N9O3. The van der Waals surface area contributed by atoms with Crippen LogP contribution >= 0.6 is 0 Å². The number of aromatic nitrogens is 5. The average Bonchev–Trinajstić information content (AvgIpc) is 3.40. The normalized spacial score (nSPS) is 17.7. The molecule has 16 heteroatoms. The lowest BCUT2D eigenvalue weighted by Gasteiger charge is -2.44. The maximum absolute atomic E-state index is 15.1. The van der Waals surface area contributed by atoms with Gasteiger partial charge in [0.1, 0.15) is 18.2 Å². The molecule has 1 aliphatic heterocycles. The summed E-state index contributed by atoms with van der Waals surface area (Å²) >= 11 is 0. The Labute approximate surface area is 255 Å². The third kappa shape index (κ3) is 6.67. The van der Waals surface area contributed by atoms with Crippen LogP contribution in [0.2, 0.25) is 0 Å². The Kier molecular flexibility index (Phi) is 9.18. The summed E-state index contributed by atoms with van der Waals surface area (Å²) in [6, 6.07) is 3.46. The van der Waals surface area contributed by atoms with Crippen LogP contribution in [0.5, 0.6) is 5.75 Å². The van der Waals surface area contributed by atoms with Crippen LogP contribution in [-0.4, -0.2) is 99.3 Å². The van der Waals surface area contributed by atoms with Crippen molar-refractivity contribution in [3.05, 3.63) is 54.2 Å². The zero-order chi connectivity index (χ0) is 32.5. The molecule has 2 atom stereocenters. The molecule has 1 aliphatic rings. The number of rotatable bonds is 10. The number of likely N-dealkylation sites (N-methyl/N-ethyl adjacent to an activating group) is 1. The fourth-order valence-electron chi connectivity index (χ4n) is 5.47. The molecule has 4 aromatic rings. The first-order chi connectivity index (χ1) is 21.4. The molecule has 4 N–H and O–H groups in total. The van der Waals surface area contributed by atoms with Gasteiger partial charge in [0.05, 0.1) is 49.6 Å². The Morgan fingerprint density at radius 2 is 1.96 bits per heavy atom. The first kappa shape index (κ1) is 32.0. The molecule has 12 nitrogen and oxygen atoms in total. The lowest BCUT2D eigenvalue weighted by Crippen LogP contribution is -2.63. The monoisotopic (exact) mass is 631 g/mol. The number of anilines is 2. The molecule has 45 heavy (non-hydrogen) atoms. The molecule has 0 unspecified atom stereocenters. The van der Waals surface area contributed by atoms with E-state index in [1.807, 2.05) is 0 Å². The number of alkyl halides is 2. The number of nitrogens with one attached hydrogen (secondary N) is 1. The summed E-state index contributed by atoms with van der Waals surface area (Å²) in [5, 5.41) is 13.0. The van der Waals surface area contributed by atoms with Crippen LogP contribution in [0, 0.1) is 11.6 Å². The predicted octanol–water partition coefficient (Wildman–Crippen LogP) is 2.65. The van der Waals surface area contributed by atoms with Gasteiger partial charge in [-0.25, -0.2) is 32.5 Å². The van der Waals surface area contributed by atoms with Crippen LogP contribution in [0.4, 0.5) is 29.1 Å². The summed E-state index contributed by atoms with van der Waals surface area (Å²) in [5.41, 5.74) is 6.40. The lowest BCUT2D eigenvalue weighted by atomic mass is 9.84. The van der Waals surface area contributed by atoms with Crippen molar-refractivity contribution in [1.29, 1.82) is 0 Å². The van der Waals surface area contributed by atoms with Crippen LogP contribution in [-0.2, 0) is 11.3 Å². The number of halogens is 4. The van der Waals surface area contributed by atoms with Crippen molar-refractivity contribution in [1.82, 2.24) is 29.4 Å². The molecule has 0 saturated carbocycles. The number of carbonyl (C=O) groups is 1. The minimum Gasteiger partial charge on any atom is -0.494 e. The summed E-state index contributed by atoms with van der Waals surface area (Å²) < 4.78 is 63.3. The highest BCUT2D eigenvalue weighted by molar-refractivity contribution is 5.97. The van der Waals surface area contributed by atoms with Crippen molar-refractivity contribution in [3.63, 3.8) is 0 Å². The minimum atomic E-state index is -3.03. The molecule has 0 bridgehead atoms. The number of carbonyl (C=O) groups excluding carboxylic acids is 1. The highest BCUT2D eigenvalue weighted by Gasteiger charge is 2.43. The van der Waals surface area contributed by atoms with Crippen molar-refractivity contribution in [2.45, 2.75) is 37.5 Å². The molecule has 1 fully saturated rings. The first-order valence-electron chi connectivity index (χ1n) is 14.0. The number of hydrogen-bond acceptors (Lipinski definition) is 10. The number of aliphatic hydroxyl groups is 1. The van der Waals surface area contributed by atoms with E-state index in [1.165, 1.54) is 26.0 Å². The first-order valence-corrected chi connectivity index (χ1v) is 14.0. The molecule has 1 amide bonds. The number of methoxy groups -OCH3 is 1. The molecular weight excluding hydrogens is 598 g/mol. The van der Waals surface area contributed by atoms with Gasteiger partial charge in [0, 0.05) is 24.7 Å². The van der Waals surface area contributed by atoms with E-state index in [0.29, 0.717) is 35.4 Å². The van der Waals surface area contributed by atoms with Gasteiger partial charge in [-0.15, -0.1) is 0 Å². The van der Waals surface area contributed by atoms with E-state index < -0.39 is 29.7 Å². The number of aliphatic hydroxyl groups excluding tert-OH is 1. The van der Waals surface area contributed by atoms with Crippen molar-refractivity contribution in [2.75, 3.05) is 51.1 Å². The van der Waals surface area contributed by atoms with Gasteiger partial charge in [0.2, 0.25) is 5.91 Å². The minimum absolute atomic E-state index is 0.0786. The number of nitrogens with zero attached hydrogens (tertiary/aromatic N) is 7. The quantitative estimate of drug-likeness (QED) is 0.223. The largest absolute Gasteiger partial charge is 0.494 e. The van der Waals surface area contributed by atoms with Crippen LogP contribution in [0.3, 0.4) is 0 Å². The second-order valence-electron chi connectivity index (χ2n) is 11.3. The standard InChI is InChI=1S/C29H33F4N9O3/c1-40(2)12-23(43)39-27-24-28(37-14-36-27)42(15-38-24)11-16-7-20(17-8-19(31)22(45-3)9-18(17)30)35-10-21(16)41-6-4-5-29(34,13-41)25(44)26(32)33/h7-10,14-15,25-26,44H,4-6,11-13,34H2,1-3H3,(H,36,37,39,43)/t25-,29-/m1/s1. The molecule has 1 saturated heterocycles. The Morgan fingerprint density at radius 3 is 2.67 bits per heavy atom. The molecule has 3 aromatic heterocycles. The van der Waals surface area contributed by atoms with Gasteiger partial charge in [-0.2, -0.15) is 0 Å². The molecule has 0 spiro atoms. The van der Waals surface area contributed by atoms with Gasteiger partial charge in [0.15, 0.2) is 28.5 Å². The average molecular weight is 632 g/mol. The summed E-state index contributed by atoms with van der Waals surface area (Å²) in [7, 11) is 4.73. The number of amides is 1. The Bertz CT molecular complexity index is 1700. The summed E-state index contributed by atoms with van der Waals surface area (Å²) in [6.07, 6.45) is -0.292. The van der Waals surface area contributed by atoms with E-state index in [2.05, 4.69) is 25.3 Å². The second-order valence-corrected chi connectivity index (χ2v) is 11.3. The Hall–Kier alpha value is -4.41. The van der Waals surface area contributed by atoms with E-state index in [-0.39, 0.29) is 54.8 Å². The van der Waals surface area contributed by atoms with E-state index >= 15 is 4.39 Å². The number of fused-ring (bicyclic) bond motifs is 1. The van der Waals surface area contributed by atoms with Crippen LogP contribution in [0.25, 0.3) is 22.4 Å². The molecule has 5 rings (SSSR count). The number of benzene rings is 1. The van der Waals surface area contributed by atoms with Gasteiger partial charge in [-0.1, -0.05) is 0 Å². The number of piperidine rings is 1. The third-order valence-corrected chi connectivity index (χ3v) is 7.67. The van der Waals surface area contributed by atoms with Gasteiger partial charge in [0.25, 0.3) is 6.43 Å². The van der Waals surface area contributed by atoms with Crippen LogP contribution in [0.1, 0.15) is 18.4 Å². The number of imidazole rings is 1. The van der Waals surface area contributed by atoms with E-state index in [9.17, 15) is 23.1 Å². The smallest absolute Gasteiger partial charge is 0.265 e. The zero-order valence-corrected chi connectivity index (χ0v) is 24.8. The number of hydrogen-bond donors (Lipinski definition) is 3. The fraction of sp³-hybridized carbons (Fsp3) is 0.414. The zero-order valence-electron chi connectivity index (χ0n) is 24.8. The summed E-state index contributed by atoms with van der Waals surface area (Å²) in [5.74, 6) is -1.91. The third-order valence-electron chi connectivity index (χ3n) is 7.67. The van der Waals surface area contributed by atoms with Crippen LogP contribution < -0.4 is 20.7 Å². The van der Waals surface area contributed by atoms with Gasteiger partial charge < -0.3 is 35.3 Å². The topological polar surface area (TPSA) is 148 Å². The van der Waals surface area contributed by atoms with Gasteiger partial charge in [-0.05, 0) is 44.6 Å². The van der Waals surface area contributed by atoms with Crippen LogP contribution in [0.15, 0.2) is 37.1 Å². The maximum atomic E-state index is 15.1. The molecule has 240 valence electrons. The molecule has 0 radical (unpaired) electrons. The number of ether oxygens (including phenoxy) is 1. The molecule has 4 heterocycles. The number of nitrogens with two attached hydrogens (primary N) is 1. The van der Waals surface area contributed by atoms with Gasteiger partial charge >= 0.3 is 0 Å². The van der Waals surface area contributed by atoms with E-state index in [0.717, 1.165) is 12.1 Å². The lowest BCUT2D eigenvalue weighted by molar-refractivity contribution is -0.116. The molecule has 0 aliphatic carbocycles. The van der Waals surface area contributed by atoms with E-state index in [1.54, 1.807) is 34.5 Å². The fourth-order valence-corrected chi connectivity index (χ4v) is 5.47. The summed E-state index contributed by atoms with van der Waals surface area (Å²) in [4.78, 5) is 33.1. The SMILES string of the molecule is COc1cc(F)c(-c2cc(Cn3cnc4c(NC(=O)CN(C)C)ncnc43)c(N3CCC[C@](N)([C@H](O)C(F)F)C3)cn2)cc1F. The Morgan fingerprint density at radius 1 is 1.18 bits per heavy atom. The van der Waals surface area contributed by atoms with Crippen molar-refractivity contribution in [2.24, 2.45) is 5.73 Å². The highest BCUT2D eigenvalue weighted by Crippen LogP contribution is 2.35.